The molecule has 1 N–H and O–H groups in total. The summed E-state index contributed by atoms with van der Waals surface area (Å²) in [6.07, 6.45) is 0. The van der Waals surface area contributed by atoms with Gasteiger partial charge in [0, 0.05) is 11.4 Å². The molecule has 0 saturated carbocycles. The molecule has 0 aliphatic rings. The summed E-state index contributed by atoms with van der Waals surface area (Å²) in [6.45, 7) is 0. The summed E-state index contributed by atoms with van der Waals surface area (Å²) in [5.74, 6) is 0.0477. The molecule has 2 heteroatoms. The highest BCUT2D eigenvalue weighted by Crippen LogP contribution is 2.28. The highest BCUT2D eigenvalue weighted by Gasteiger charge is 2.05. The molecule has 0 unspecified atom stereocenters. The Morgan fingerprint density at radius 3 is 2.09 bits per heavy atom. The van der Waals surface area contributed by atoms with Gasteiger partial charge in [-0.1, -0.05) is 48.5 Å². The molecule has 0 fully saturated rings. The van der Waals surface area contributed by atoms with Gasteiger partial charge in [0.05, 0.1) is 0 Å². The van der Waals surface area contributed by atoms with Crippen LogP contribution in [0.5, 0.6) is 5.75 Å². The van der Waals surface area contributed by atoms with Gasteiger partial charge in [-0.05, 0) is 52.2 Å². The van der Waals surface area contributed by atoms with E-state index in [1.807, 2.05) is 36.4 Å². The molecule has 0 spiro atoms. The van der Waals surface area contributed by atoms with Crippen molar-refractivity contribution in [3.63, 3.8) is 0 Å². The van der Waals surface area contributed by atoms with Crippen LogP contribution in [0.1, 0.15) is 0 Å². The van der Waals surface area contributed by atoms with Gasteiger partial charge in [0.1, 0.15) is 0 Å². The van der Waals surface area contributed by atoms with Crippen molar-refractivity contribution in [3.05, 3.63) is 78.9 Å². The molecule has 105 valence electrons. The minimum atomic E-state index is 0.0477. The number of fused-ring (bicyclic) bond motifs is 1. The lowest BCUT2D eigenvalue weighted by Crippen LogP contribution is -1.80. The Balaban J connectivity index is 1.76. The zero-order valence-corrected chi connectivity index (χ0v) is 11.9. The number of rotatable bonds is 2. The molecule has 22 heavy (non-hydrogen) atoms. The Labute approximate surface area is 128 Å². The number of H-pyrrole nitrogens is 1. The van der Waals surface area contributed by atoms with Gasteiger partial charge in [0.2, 0.25) is 0 Å². The van der Waals surface area contributed by atoms with Crippen LogP contribution < -0.4 is 0 Å². The zero-order valence-electron chi connectivity index (χ0n) is 11.9. The van der Waals surface area contributed by atoms with Crippen LogP contribution >= 0.6 is 0 Å². The third kappa shape index (κ3) is 2.25. The quantitative estimate of drug-likeness (QED) is 0.494. The highest BCUT2D eigenvalue weighted by molar-refractivity contribution is 5.88. The summed E-state index contributed by atoms with van der Waals surface area (Å²) in [6, 6.07) is 25.7. The van der Waals surface area contributed by atoms with E-state index in [2.05, 4.69) is 35.3 Å². The summed E-state index contributed by atoms with van der Waals surface area (Å²) >= 11 is 0. The number of aromatic nitrogens is 1. The third-order valence-electron chi connectivity index (χ3n) is 3.89. The highest BCUT2D eigenvalue weighted by atomic mass is 16.3. The SMILES string of the molecule is [O]c1ccc2cc(-c3ccc(-c4ccccc4)[nH]3)ccc2c1. The van der Waals surface area contributed by atoms with Gasteiger partial charge in [0.25, 0.3) is 0 Å². The summed E-state index contributed by atoms with van der Waals surface area (Å²) in [5.41, 5.74) is 4.47. The molecule has 0 atom stereocenters. The van der Waals surface area contributed by atoms with Crippen molar-refractivity contribution in [3.8, 4) is 28.3 Å². The number of nitrogens with one attached hydrogen (secondary N) is 1. The second-order valence-electron chi connectivity index (χ2n) is 5.38. The van der Waals surface area contributed by atoms with Crippen LogP contribution in [0.25, 0.3) is 33.3 Å². The maximum atomic E-state index is 11.4. The van der Waals surface area contributed by atoms with Gasteiger partial charge in [0.15, 0.2) is 5.75 Å². The van der Waals surface area contributed by atoms with Gasteiger partial charge >= 0.3 is 0 Å². The first kappa shape index (κ1) is 12.7. The minimum absolute atomic E-state index is 0.0477. The van der Waals surface area contributed by atoms with Crippen molar-refractivity contribution in [2.24, 2.45) is 0 Å². The van der Waals surface area contributed by atoms with Crippen molar-refractivity contribution < 1.29 is 5.11 Å². The molecular weight excluding hydrogens is 270 g/mol. The molecule has 1 heterocycles. The topological polar surface area (TPSA) is 35.7 Å². The lowest BCUT2D eigenvalue weighted by atomic mass is 10.1. The monoisotopic (exact) mass is 284 g/mol. The molecule has 0 aliphatic carbocycles. The second-order valence-corrected chi connectivity index (χ2v) is 5.38. The molecule has 1 aromatic heterocycles. The van der Waals surface area contributed by atoms with Gasteiger partial charge in [-0.15, -0.1) is 0 Å². The lowest BCUT2D eigenvalue weighted by molar-refractivity contribution is 0.355. The number of hydrogen-bond acceptors (Lipinski definition) is 0. The first-order chi connectivity index (χ1) is 10.8. The zero-order chi connectivity index (χ0) is 14.9. The summed E-state index contributed by atoms with van der Waals surface area (Å²) < 4.78 is 0. The van der Waals surface area contributed by atoms with Crippen molar-refractivity contribution in [2.75, 3.05) is 0 Å². The number of aromatic amines is 1. The molecule has 1 radical (unpaired) electrons. The van der Waals surface area contributed by atoms with E-state index in [1.165, 1.54) is 5.56 Å². The summed E-state index contributed by atoms with van der Waals surface area (Å²) in [4.78, 5) is 3.46. The van der Waals surface area contributed by atoms with Crippen molar-refractivity contribution in [2.45, 2.75) is 0 Å². The fourth-order valence-corrected chi connectivity index (χ4v) is 2.74. The van der Waals surface area contributed by atoms with Crippen LogP contribution in [0.3, 0.4) is 0 Å². The average molecular weight is 284 g/mol. The Hall–Kier alpha value is -3.00. The Bertz CT molecular complexity index is 938. The Morgan fingerprint density at radius 1 is 0.591 bits per heavy atom. The molecule has 0 aliphatic heterocycles. The van der Waals surface area contributed by atoms with Crippen molar-refractivity contribution in [1.29, 1.82) is 0 Å². The first-order valence-corrected chi connectivity index (χ1v) is 7.25. The second kappa shape index (κ2) is 5.08. The number of hydrogen-bond donors (Lipinski definition) is 1. The van der Waals surface area contributed by atoms with E-state index >= 15 is 0 Å². The molecule has 4 aromatic rings. The fraction of sp³-hybridized carbons (Fsp3) is 0. The van der Waals surface area contributed by atoms with Crippen LogP contribution in [-0.4, -0.2) is 4.98 Å². The maximum absolute atomic E-state index is 11.4. The maximum Gasteiger partial charge on any atom is 0.179 e. The first-order valence-electron chi connectivity index (χ1n) is 7.25. The van der Waals surface area contributed by atoms with Crippen molar-refractivity contribution >= 4 is 10.8 Å². The molecule has 4 rings (SSSR count). The lowest BCUT2D eigenvalue weighted by Gasteiger charge is -2.03. The summed E-state index contributed by atoms with van der Waals surface area (Å²) in [5, 5.41) is 13.4. The fourth-order valence-electron chi connectivity index (χ4n) is 2.74. The largest absolute Gasteiger partial charge is 0.355 e. The Kier molecular flexibility index (Phi) is 2.94. The van der Waals surface area contributed by atoms with Crippen LogP contribution in [0.15, 0.2) is 78.9 Å². The van der Waals surface area contributed by atoms with E-state index < -0.39 is 0 Å². The van der Waals surface area contributed by atoms with Crippen LogP contribution in [0, 0.1) is 0 Å². The van der Waals surface area contributed by atoms with E-state index in [0.717, 1.165) is 27.7 Å². The standard InChI is InChI=1S/C20H14NO/c22-18-9-8-15-12-17(7-6-16(15)13-18)20-11-10-19(21-20)14-4-2-1-3-5-14/h1-13,21H. The van der Waals surface area contributed by atoms with Gasteiger partial charge in [-0.2, -0.15) is 0 Å². The van der Waals surface area contributed by atoms with E-state index in [1.54, 1.807) is 12.1 Å². The van der Waals surface area contributed by atoms with Crippen LogP contribution in [0.2, 0.25) is 0 Å². The predicted octanol–water partition coefficient (Wildman–Crippen LogP) is 5.65. The molecule has 0 saturated heterocycles. The molecular formula is C20H14NO. The smallest absolute Gasteiger partial charge is 0.179 e. The van der Waals surface area contributed by atoms with Gasteiger partial charge < -0.3 is 4.98 Å². The van der Waals surface area contributed by atoms with E-state index in [0.29, 0.717) is 0 Å². The third-order valence-corrected chi connectivity index (χ3v) is 3.89. The van der Waals surface area contributed by atoms with Gasteiger partial charge in [-0.25, -0.2) is 0 Å². The normalized spacial score (nSPS) is 10.9. The molecule has 0 bridgehead atoms. The average Bonchev–Trinajstić information content (AvgIpc) is 3.05. The van der Waals surface area contributed by atoms with Crippen LogP contribution in [-0.2, 0) is 5.11 Å². The van der Waals surface area contributed by atoms with Crippen LogP contribution in [0.4, 0.5) is 0 Å². The predicted molar refractivity (Wildman–Crippen MR) is 89.3 cm³/mol. The van der Waals surface area contributed by atoms with Crippen molar-refractivity contribution in [1.82, 2.24) is 4.98 Å². The molecule has 0 amide bonds. The number of benzene rings is 3. The molecule has 2 nitrogen and oxygen atoms in total. The Morgan fingerprint density at radius 2 is 1.27 bits per heavy atom. The minimum Gasteiger partial charge on any atom is -0.355 e. The van der Waals surface area contributed by atoms with E-state index in [9.17, 15) is 5.11 Å². The molecule has 3 aromatic carbocycles. The summed E-state index contributed by atoms with van der Waals surface area (Å²) in [7, 11) is 0. The van der Waals surface area contributed by atoms with E-state index in [4.69, 9.17) is 0 Å². The van der Waals surface area contributed by atoms with E-state index in [-0.39, 0.29) is 5.75 Å². The van der Waals surface area contributed by atoms with Gasteiger partial charge in [-0.3, -0.25) is 5.11 Å².